The number of carboxylic acid groups (broad SMARTS) is 2. The largest absolute Gasteiger partial charge is 0.483 e. The number of hydrogen-bond acceptors (Lipinski definition) is 4. The van der Waals surface area contributed by atoms with Gasteiger partial charge in [-0.15, -0.1) is 0 Å². The Morgan fingerprint density at radius 2 is 1.74 bits per heavy atom. The molecule has 4 rings (SSSR count). The van der Waals surface area contributed by atoms with Crippen LogP contribution in [-0.2, 0) is 11.3 Å². The molecule has 6 nitrogen and oxygen atoms in total. The molecule has 1 aliphatic carbocycles. The van der Waals surface area contributed by atoms with Gasteiger partial charge >= 0.3 is 5.97 Å². The number of nitrogens with zero attached hydrogens (tertiary/aromatic N) is 1. The molecule has 0 bridgehead atoms. The van der Waals surface area contributed by atoms with Crippen LogP contribution in [0, 0.1) is 0 Å². The predicted octanol–water partition coefficient (Wildman–Crippen LogP) is 3.54. The summed E-state index contributed by atoms with van der Waals surface area (Å²) in [5.74, 6) is -0.386. The first-order valence-corrected chi connectivity index (χ1v) is 10.5. The van der Waals surface area contributed by atoms with Crippen molar-refractivity contribution in [2.45, 2.75) is 43.4 Å². The number of nitrogens with one attached hydrogen (secondary N) is 1. The highest BCUT2D eigenvalue weighted by molar-refractivity contribution is 5.87. The third kappa shape index (κ3) is 6.60. The van der Waals surface area contributed by atoms with Crippen LogP contribution in [0.2, 0.25) is 0 Å². The summed E-state index contributed by atoms with van der Waals surface area (Å²) in [7, 11) is 0. The molecule has 1 saturated heterocycles. The minimum absolute atomic E-state index is 0.250. The standard InChI is InChI=1S/C23H27FN2O2.CH2O2/c24-23(16-25-21-14-20(21)18-4-2-1-3-5-18)10-12-26(13-11-23)15-17-6-8-19(9-7-17)22(27)28;2-1-3/h1-9,20-21,25H,10-16H2,(H,27,28);1H,(H,2,3). The Bertz CT molecular complexity index is 852. The van der Waals surface area contributed by atoms with Gasteiger partial charge in [-0.25, -0.2) is 9.18 Å². The van der Waals surface area contributed by atoms with Gasteiger partial charge in [0.2, 0.25) is 0 Å². The molecule has 1 heterocycles. The summed E-state index contributed by atoms with van der Waals surface area (Å²) in [6.45, 7) is 2.38. The van der Waals surface area contributed by atoms with Crippen molar-refractivity contribution in [1.82, 2.24) is 10.2 Å². The van der Waals surface area contributed by atoms with E-state index in [-0.39, 0.29) is 6.47 Å². The average Bonchev–Trinajstić information content (AvgIpc) is 3.56. The molecule has 0 radical (unpaired) electrons. The predicted molar refractivity (Wildman–Crippen MR) is 116 cm³/mol. The monoisotopic (exact) mass is 428 g/mol. The zero-order valence-corrected chi connectivity index (χ0v) is 17.4. The van der Waals surface area contributed by atoms with Gasteiger partial charge in [-0.3, -0.25) is 9.69 Å². The minimum atomic E-state index is -1.13. The van der Waals surface area contributed by atoms with Gasteiger partial charge in [-0.1, -0.05) is 42.5 Å². The number of alkyl halides is 1. The van der Waals surface area contributed by atoms with Gasteiger partial charge in [-0.05, 0) is 42.5 Å². The Labute approximate surface area is 181 Å². The van der Waals surface area contributed by atoms with Gasteiger partial charge in [0.1, 0.15) is 5.67 Å². The van der Waals surface area contributed by atoms with Crippen molar-refractivity contribution in [2.24, 2.45) is 0 Å². The molecular weight excluding hydrogens is 399 g/mol. The lowest BCUT2D eigenvalue weighted by Gasteiger charge is -2.36. The van der Waals surface area contributed by atoms with E-state index in [1.165, 1.54) is 5.56 Å². The zero-order chi connectivity index (χ0) is 22.3. The molecule has 166 valence electrons. The Morgan fingerprint density at radius 3 is 2.32 bits per heavy atom. The van der Waals surface area contributed by atoms with Crippen LogP contribution >= 0.6 is 0 Å². The Hall–Kier alpha value is -2.77. The van der Waals surface area contributed by atoms with E-state index >= 15 is 4.39 Å². The molecule has 31 heavy (non-hydrogen) atoms. The second-order valence-electron chi connectivity index (χ2n) is 8.27. The minimum Gasteiger partial charge on any atom is -0.483 e. The number of hydrogen-bond donors (Lipinski definition) is 3. The lowest BCUT2D eigenvalue weighted by molar-refractivity contribution is -0.122. The highest BCUT2D eigenvalue weighted by atomic mass is 19.1. The van der Waals surface area contributed by atoms with Gasteiger partial charge in [0.25, 0.3) is 6.47 Å². The van der Waals surface area contributed by atoms with Crippen LogP contribution in [0.25, 0.3) is 0 Å². The molecule has 7 heteroatoms. The Morgan fingerprint density at radius 1 is 1.13 bits per heavy atom. The van der Waals surface area contributed by atoms with Crippen LogP contribution in [0.5, 0.6) is 0 Å². The van der Waals surface area contributed by atoms with Crippen molar-refractivity contribution >= 4 is 12.4 Å². The lowest BCUT2D eigenvalue weighted by atomic mass is 9.92. The van der Waals surface area contributed by atoms with Crippen molar-refractivity contribution in [3.63, 3.8) is 0 Å². The zero-order valence-electron chi connectivity index (χ0n) is 17.4. The van der Waals surface area contributed by atoms with Crippen LogP contribution in [0.1, 0.15) is 46.7 Å². The SMILES string of the molecule is O=C(O)c1ccc(CN2CCC(F)(CNC3CC3c3ccccc3)CC2)cc1.O=CO. The molecule has 3 N–H and O–H groups in total. The van der Waals surface area contributed by atoms with E-state index in [2.05, 4.69) is 34.5 Å². The summed E-state index contributed by atoms with van der Waals surface area (Å²) in [6.07, 6.45) is 2.17. The maximum absolute atomic E-state index is 15.2. The maximum Gasteiger partial charge on any atom is 0.335 e. The average molecular weight is 429 g/mol. The van der Waals surface area contributed by atoms with E-state index in [0.29, 0.717) is 36.9 Å². The molecule has 0 aromatic heterocycles. The van der Waals surface area contributed by atoms with Crippen LogP contribution in [0.15, 0.2) is 54.6 Å². The summed E-state index contributed by atoms with van der Waals surface area (Å²) in [4.78, 5) is 21.5. The fourth-order valence-corrected chi connectivity index (χ4v) is 4.10. The van der Waals surface area contributed by atoms with E-state index in [1.54, 1.807) is 12.1 Å². The van der Waals surface area contributed by atoms with E-state index in [0.717, 1.165) is 31.6 Å². The first-order chi connectivity index (χ1) is 14.9. The molecule has 2 aliphatic rings. The van der Waals surface area contributed by atoms with Gasteiger partial charge in [-0.2, -0.15) is 0 Å². The number of rotatable bonds is 7. The van der Waals surface area contributed by atoms with E-state index in [1.807, 2.05) is 18.2 Å². The summed E-state index contributed by atoms with van der Waals surface area (Å²) in [5.41, 5.74) is 1.58. The van der Waals surface area contributed by atoms with Crippen molar-refractivity contribution in [3.05, 3.63) is 71.3 Å². The van der Waals surface area contributed by atoms with E-state index < -0.39 is 11.6 Å². The van der Waals surface area contributed by atoms with Crippen LogP contribution in [0.3, 0.4) is 0 Å². The number of carboxylic acids is 1. The van der Waals surface area contributed by atoms with Crippen molar-refractivity contribution < 1.29 is 24.2 Å². The smallest absolute Gasteiger partial charge is 0.335 e. The van der Waals surface area contributed by atoms with Crippen molar-refractivity contribution in [1.29, 1.82) is 0 Å². The highest BCUT2D eigenvalue weighted by Gasteiger charge is 2.41. The quantitative estimate of drug-likeness (QED) is 0.585. The first-order valence-electron chi connectivity index (χ1n) is 10.5. The molecule has 2 aromatic rings. The van der Waals surface area contributed by atoms with Gasteiger partial charge in [0.15, 0.2) is 0 Å². The number of halogens is 1. The molecular formula is C24H29FN2O4. The second-order valence-corrected chi connectivity index (χ2v) is 8.27. The summed E-state index contributed by atoms with van der Waals surface area (Å²) >= 11 is 0. The van der Waals surface area contributed by atoms with Gasteiger partial charge in [0.05, 0.1) is 5.56 Å². The second kappa shape index (κ2) is 10.5. The number of aromatic carboxylic acids is 1. The fourth-order valence-electron chi connectivity index (χ4n) is 4.10. The summed E-state index contributed by atoms with van der Waals surface area (Å²) < 4.78 is 15.2. The van der Waals surface area contributed by atoms with Gasteiger partial charge in [0, 0.05) is 38.1 Å². The topological polar surface area (TPSA) is 89.9 Å². The number of carbonyl (C=O) groups is 2. The fraction of sp³-hybridized carbons (Fsp3) is 0.417. The molecule has 2 unspecified atom stereocenters. The van der Waals surface area contributed by atoms with E-state index in [4.69, 9.17) is 15.0 Å². The van der Waals surface area contributed by atoms with Crippen LogP contribution in [-0.4, -0.2) is 58.9 Å². The first kappa shape index (κ1) is 22.9. The van der Waals surface area contributed by atoms with Crippen LogP contribution in [0.4, 0.5) is 4.39 Å². The third-order valence-electron chi connectivity index (χ3n) is 6.06. The van der Waals surface area contributed by atoms with Gasteiger partial charge < -0.3 is 15.5 Å². The Balaban J connectivity index is 0.000000858. The molecule has 0 amide bonds. The molecule has 2 atom stereocenters. The summed E-state index contributed by atoms with van der Waals surface area (Å²) in [5, 5.41) is 19.3. The number of piperidine rings is 1. The molecule has 2 aromatic carbocycles. The van der Waals surface area contributed by atoms with E-state index in [9.17, 15) is 4.79 Å². The molecule has 1 saturated carbocycles. The molecule has 1 aliphatic heterocycles. The molecule has 2 fully saturated rings. The Kier molecular flexibility index (Phi) is 7.76. The molecule has 0 spiro atoms. The summed E-state index contributed by atoms with van der Waals surface area (Å²) in [6, 6.07) is 17.8. The van der Waals surface area contributed by atoms with Crippen molar-refractivity contribution in [2.75, 3.05) is 19.6 Å². The number of likely N-dealkylation sites (tertiary alicyclic amines) is 1. The normalized spacial score (nSPS) is 22.1. The van der Waals surface area contributed by atoms with Crippen molar-refractivity contribution in [3.8, 4) is 0 Å². The number of benzene rings is 2. The maximum atomic E-state index is 15.2. The third-order valence-corrected chi connectivity index (χ3v) is 6.06. The van der Waals surface area contributed by atoms with Crippen LogP contribution < -0.4 is 5.32 Å². The lowest BCUT2D eigenvalue weighted by Crippen LogP contribution is -2.47. The highest BCUT2D eigenvalue weighted by Crippen LogP contribution is 2.41.